The number of nitrogens with two attached hydrogens (primary N) is 1. The van der Waals surface area contributed by atoms with Crippen LogP contribution < -0.4 is 21.9 Å². The Morgan fingerprint density at radius 3 is 2.33 bits per heavy atom. The Bertz CT molecular complexity index is 1680. The summed E-state index contributed by atoms with van der Waals surface area (Å²) in [7, 11) is 0. The van der Waals surface area contributed by atoms with Crippen LogP contribution in [-0.2, 0) is 19.3 Å². The number of nitrogens with zero attached hydrogens (tertiary/aromatic N) is 5. The van der Waals surface area contributed by atoms with Crippen molar-refractivity contribution >= 4 is 5.69 Å². The largest absolute Gasteiger partial charge is 0.416 e. The first-order valence-corrected chi connectivity index (χ1v) is 13.9. The molecule has 0 aliphatic carbocycles. The monoisotopic (exact) mass is 599 g/mol. The molecule has 1 fully saturated rings. The molecule has 0 saturated carbocycles. The van der Waals surface area contributed by atoms with Gasteiger partial charge in [0.2, 0.25) is 0 Å². The molecule has 1 unspecified atom stereocenters. The van der Waals surface area contributed by atoms with E-state index in [9.17, 15) is 27.2 Å². The molecule has 43 heavy (non-hydrogen) atoms. The molecule has 2 aromatic heterocycles. The van der Waals surface area contributed by atoms with E-state index < -0.39 is 47.0 Å². The quantitative estimate of drug-likeness (QED) is 0.299. The lowest BCUT2D eigenvalue weighted by Crippen LogP contribution is -2.52. The number of hydrogen-bond acceptors (Lipinski definition) is 6. The van der Waals surface area contributed by atoms with E-state index in [1.165, 1.54) is 6.92 Å². The van der Waals surface area contributed by atoms with E-state index in [4.69, 9.17) is 5.73 Å². The molecule has 3 heterocycles. The maximum atomic E-state index is 14.9. The van der Waals surface area contributed by atoms with Gasteiger partial charge in [-0.1, -0.05) is 36.4 Å². The van der Waals surface area contributed by atoms with Crippen molar-refractivity contribution in [3.8, 4) is 0 Å². The summed E-state index contributed by atoms with van der Waals surface area (Å²) in [4.78, 5) is 39.2. The molecule has 13 heteroatoms. The standard InChI is InChI=1S/C30H33F4N7O2/c1-19-26(39-15-13-38(14-16-39)20(2)27-36-11-12-37-27)28(42)41(18-25(35)21-7-4-3-5-8-21)29(43)40(19)17-22-23(30(32,33)34)9-6-10-24(22)31/h3-12,20,25H,13-18,35H2,1-2H3,(H,36,37)/t20?,25-/m0/s1. The summed E-state index contributed by atoms with van der Waals surface area (Å²) in [6, 6.07) is 10.8. The summed E-state index contributed by atoms with van der Waals surface area (Å²) in [5.74, 6) is -0.289. The van der Waals surface area contributed by atoms with Crippen LogP contribution in [0.2, 0.25) is 0 Å². The number of anilines is 1. The summed E-state index contributed by atoms with van der Waals surface area (Å²) in [5, 5.41) is 0. The number of H-pyrrole nitrogens is 1. The van der Waals surface area contributed by atoms with Crippen LogP contribution in [0.4, 0.5) is 23.2 Å². The van der Waals surface area contributed by atoms with Gasteiger partial charge in [0.05, 0.1) is 24.7 Å². The second kappa shape index (κ2) is 12.2. The predicted molar refractivity (Wildman–Crippen MR) is 154 cm³/mol. The molecular weight excluding hydrogens is 566 g/mol. The zero-order chi connectivity index (χ0) is 30.9. The highest BCUT2D eigenvalue weighted by Crippen LogP contribution is 2.34. The Morgan fingerprint density at radius 1 is 1.00 bits per heavy atom. The van der Waals surface area contributed by atoms with Gasteiger partial charge in [-0.05, 0) is 31.5 Å². The van der Waals surface area contributed by atoms with Crippen LogP contribution in [0.3, 0.4) is 0 Å². The molecule has 0 radical (unpaired) electrons. The predicted octanol–water partition coefficient (Wildman–Crippen LogP) is 3.83. The Kier molecular flexibility index (Phi) is 8.56. The average Bonchev–Trinajstić information content (AvgIpc) is 3.53. The number of alkyl halides is 3. The van der Waals surface area contributed by atoms with Crippen LogP contribution in [0, 0.1) is 12.7 Å². The molecule has 3 N–H and O–H groups in total. The fraction of sp³-hybridized carbons (Fsp3) is 0.367. The lowest BCUT2D eigenvalue weighted by molar-refractivity contribution is -0.138. The number of nitrogens with one attached hydrogen (secondary N) is 1. The number of benzene rings is 2. The highest BCUT2D eigenvalue weighted by Gasteiger charge is 2.35. The maximum Gasteiger partial charge on any atom is 0.416 e. The molecule has 0 amide bonds. The SMILES string of the molecule is Cc1c(N2CCN(C(C)c3ncc[nH]3)CC2)c(=O)n(C[C@H](N)c2ccccc2)c(=O)n1Cc1c(F)cccc1C(F)(F)F. The van der Waals surface area contributed by atoms with Crippen LogP contribution in [0.15, 0.2) is 70.5 Å². The number of imidazole rings is 1. The Morgan fingerprint density at radius 2 is 1.70 bits per heavy atom. The van der Waals surface area contributed by atoms with Gasteiger partial charge in [0.15, 0.2) is 0 Å². The van der Waals surface area contributed by atoms with Gasteiger partial charge in [0, 0.05) is 55.9 Å². The van der Waals surface area contributed by atoms with Crippen LogP contribution in [0.25, 0.3) is 0 Å². The number of aromatic amines is 1. The van der Waals surface area contributed by atoms with Gasteiger partial charge >= 0.3 is 11.9 Å². The summed E-state index contributed by atoms with van der Waals surface area (Å²) < 4.78 is 58.5. The van der Waals surface area contributed by atoms with Crippen molar-refractivity contribution in [2.45, 2.75) is 45.2 Å². The van der Waals surface area contributed by atoms with Gasteiger partial charge in [-0.25, -0.2) is 14.2 Å². The van der Waals surface area contributed by atoms with Crippen LogP contribution >= 0.6 is 0 Å². The summed E-state index contributed by atoms with van der Waals surface area (Å²) in [6.07, 6.45) is -1.42. The highest BCUT2D eigenvalue weighted by atomic mass is 19.4. The van der Waals surface area contributed by atoms with Gasteiger partial charge in [-0.2, -0.15) is 13.2 Å². The Hall–Kier alpha value is -4.23. The lowest BCUT2D eigenvalue weighted by atomic mass is 10.1. The van der Waals surface area contributed by atoms with E-state index in [-0.39, 0.29) is 24.0 Å². The minimum absolute atomic E-state index is 0.00502. The molecule has 228 valence electrons. The van der Waals surface area contributed by atoms with Crippen molar-refractivity contribution in [1.82, 2.24) is 24.0 Å². The summed E-state index contributed by atoms with van der Waals surface area (Å²) in [6.45, 7) is 4.55. The molecule has 0 spiro atoms. The van der Waals surface area contributed by atoms with E-state index >= 15 is 0 Å². The molecule has 5 rings (SSSR count). The number of halogens is 4. The lowest BCUT2D eigenvalue weighted by Gasteiger charge is -2.39. The first-order valence-electron chi connectivity index (χ1n) is 13.9. The fourth-order valence-electron chi connectivity index (χ4n) is 5.65. The first kappa shape index (κ1) is 30.2. The van der Waals surface area contributed by atoms with E-state index in [0.29, 0.717) is 31.7 Å². The molecular formula is C30H33F4N7O2. The van der Waals surface area contributed by atoms with E-state index in [0.717, 1.165) is 33.2 Å². The third kappa shape index (κ3) is 6.13. The van der Waals surface area contributed by atoms with Crippen LogP contribution in [-0.4, -0.2) is 50.2 Å². The number of rotatable bonds is 8. The van der Waals surface area contributed by atoms with Crippen molar-refractivity contribution < 1.29 is 17.6 Å². The minimum Gasteiger partial charge on any atom is -0.363 e. The second-order valence-electron chi connectivity index (χ2n) is 10.7. The van der Waals surface area contributed by atoms with E-state index in [1.54, 1.807) is 42.7 Å². The topological polar surface area (TPSA) is 105 Å². The number of aromatic nitrogens is 4. The normalized spacial score (nSPS) is 15.9. The van der Waals surface area contributed by atoms with E-state index in [1.807, 2.05) is 11.8 Å². The van der Waals surface area contributed by atoms with Gasteiger partial charge in [-0.15, -0.1) is 0 Å². The first-order chi connectivity index (χ1) is 20.5. The molecule has 2 atom stereocenters. The maximum absolute atomic E-state index is 14.9. The molecule has 0 bridgehead atoms. The molecule has 4 aromatic rings. The van der Waals surface area contributed by atoms with Crippen molar-refractivity contribution in [2.75, 3.05) is 31.1 Å². The summed E-state index contributed by atoms with van der Waals surface area (Å²) in [5.41, 5.74) is 4.08. The van der Waals surface area contributed by atoms with E-state index in [2.05, 4.69) is 14.9 Å². The van der Waals surface area contributed by atoms with Gasteiger partial charge < -0.3 is 15.6 Å². The van der Waals surface area contributed by atoms with Crippen LogP contribution in [0.5, 0.6) is 0 Å². The fourth-order valence-corrected chi connectivity index (χ4v) is 5.65. The third-order valence-electron chi connectivity index (χ3n) is 8.10. The van der Waals surface area contributed by atoms with Crippen molar-refractivity contribution in [1.29, 1.82) is 0 Å². The zero-order valence-corrected chi connectivity index (χ0v) is 23.8. The smallest absolute Gasteiger partial charge is 0.363 e. The average molecular weight is 600 g/mol. The van der Waals surface area contributed by atoms with Crippen molar-refractivity contribution in [3.63, 3.8) is 0 Å². The Labute approximate surface area is 245 Å². The molecule has 1 aliphatic rings. The van der Waals surface area contributed by atoms with Crippen LogP contribution in [0.1, 0.15) is 47.2 Å². The minimum atomic E-state index is -4.84. The highest BCUT2D eigenvalue weighted by molar-refractivity contribution is 5.50. The third-order valence-corrected chi connectivity index (χ3v) is 8.10. The molecule has 1 saturated heterocycles. The molecule has 9 nitrogen and oxygen atoms in total. The molecule has 2 aromatic carbocycles. The molecule has 1 aliphatic heterocycles. The number of piperazine rings is 1. The second-order valence-corrected chi connectivity index (χ2v) is 10.7. The Balaban J connectivity index is 1.57. The zero-order valence-electron chi connectivity index (χ0n) is 23.8. The van der Waals surface area contributed by atoms with Crippen molar-refractivity contribution in [2.24, 2.45) is 5.73 Å². The number of hydrogen-bond donors (Lipinski definition) is 2. The van der Waals surface area contributed by atoms with Gasteiger partial charge in [-0.3, -0.25) is 18.8 Å². The van der Waals surface area contributed by atoms with Gasteiger partial charge in [0.1, 0.15) is 17.3 Å². The van der Waals surface area contributed by atoms with Gasteiger partial charge in [0.25, 0.3) is 5.56 Å². The summed E-state index contributed by atoms with van der Waals surface area (Å²) >= 11 is 0. The van der Waals surface area contributed by atoms with Crippen molar-refractivity contribution in [3.05, 3.63) is 116 Å².